The van der Waals surface area contributed by atoms with Gasteiger partial charge in [0, 0.05) is 30.7 Å². The van der Waals surface area contributed by atoms with E-state index in [0.717, 1.165) is 13.1 Å². The standard InChI is InChI=1S/C13H19BrN2/c14-13-5-3-12(4-6-13)2-1-9-16-10-7-15-8-11-16/h3-6,15H,1-2,7-11H2. The molecule has 3 heteroatoms. The van der Waals surface area contributed by atoms with Crippen molar-refractivity contribution in [1.82, 2.24) is 10.2 Å². The second kappa shape index (κ2) is 6.38. The van der Waals surface area contributed by atoms with Crippen molar-refractivity contribution >= 4 is 15.9 Å². The number of nitrogens with one attached hydrogen (secondary N) is 1. The Labute approximate surface area is 106 Å². The average molecular weight is 283 g/mol. The summed E-state index contributed by atoms with van der Waals surface area (Å²) in [6.45, 7) is 5.95. The minimum absolute atomic E-state index is 1.15. The van der Waals surface area contributed by atoms with Gasteiger partial charge in [-0.25, -0.2) is 0 Å². The fourth-order valence-electron chi connectivity index (χ4n) is 2.09. The predicted molar refractivity (Wildman–Crippen MR) is 71.8 cm³/mol. The maximum atomic E-state index is 3.46. The zero-order valence-electron chi connectivity index (χ0n) is 9.58. The fourth-order valence-corrected chi connectivity index (χ4v) is 2.36. The van der Waals surface area contributed by atoms with Gasteiger partial charge in [-0.1, -0.05) is 28.1 Å². The highest BCUT2D eigenvalue weighted by atomic mass is 79.9. The third-order valence-electron chi connectivity index (χ3n) is 3.06. The molecule has 1 saturated heterocycles. The highest BCUT2D eigenvalue weighted by Crippen LogP contribution is 2.12. The van der Waals surface area contributed by atoms with Gasteiger partial charge in [0.2, 0.25) is 0 Å². The first kappa shape index (κ1) is 12.1. The van der Waals surface area contributed by atoms with Gasteiger partial charge in [0.1, 0.15) is 0 Å². The first-order valence-electron chi connectivity index (χ1n) is 6.02. The molecule has 1 aliphatic rings. The largest absolute Gasteiger partial charge is 0.314 e. The topological polar surface area (TPSA) is 15.3 Å². The summed E-state index contributed by atoms with van der Waals surface area (Å²) in [5, 5.41) is 3.38. The van der Waals surface area contributed by atoms with Crippen LogP contribution in [-0.2, 0) is 6.42 Å². The van der Waals surface area contributed by atoms with Gasteiger partial charge in [-0.2, -0.15) is 0 Å². The van der Waals surface area contributed by atoms with E-state index in [1.54, 1.807) is 0 Å². The van der Waals surface area contributed by atoms with E-state index in [1.807, 2.05) is 0 Å². The molecule has 1 N–H and O–H groups in total. The Bertz CT molecular complexity index is 304. The Kier molecular flexibility index (Phi) is 4.82. The predicted octanol–water partition coefficient (Wildman–Crippen LogP) is 2.29. The first-order chi connectivity index (χ1) is 7.84. The normalized spacial score (nSPS) is 17.6. The molecule has 0 atom stereocenters. The number of benzene rings is 1. The van der Waals surface area contributed by atoms with E-state index in [1.165, 1.54) is 42.5 Å². The first-order valence-corrected chi connectivity index (χ1v) is 6.81. The van der Waals surface area contributed by atoms with Crippen LogP contribution in [0.2, 0.25) is 0 Å². The van der Waals surface area contributed by atoms with Crippen LogP contribution in [0.15, 0.2) is 28.7 Å². The molecule has 16 heavy (non-hydrogen) atoms. The summed E-state index contributed by atoms with van der Waals surface area (Å²) in [4.78, 5) is 2.55. The highest BCUT2D eigenvalue weighted by Gasteiger charge is 2.08. The fraction of sp³-hybridized carbons (Fsp3) is 0.538. The molecule has 1 fully saturated rings. The number of hydrogen-bond donors (Lipinski definition) is 1. The summed E-state index contributed by atoms with van der Waals surface area (Å²) in [5.41, 5.74) is 1.44. The summed E-state index contributed by atoms with van der Waals surface area (Å²) in [6, 6.07) is 8.67. The Morgan fingerprint density at radius 2 is 1.81 bits per heavy atom. The Morgan fingerprint density at radius 3 is 2.50 bits per heavy atom. The number of nitrogens with zero attached hydrogens (tertiary/aromatic N) is 1. The zero-order chi connectivity index (χ0) is 11.2. The van der Waals surface area contributed by atoms with Gasteiger partial charge in [0.05, 0.1) is 0 Å². The molecule has 1 aliphatic heterocycles. The van der Waals surface area contributed by atoms with E-state index in [9.17, 15) is 0 Å². The molecular formula is C13H19BrN2. The molecular weight excluding hydrogens is 264 g/mol. The lowest BCUT2D eigenvalue weighted by atomic mass is 10.1. The molecule has 0 bridgehead atoms. The van der Waals surface area contributed by atoms with Crippen molar-refractivity contribution < 1.29 is 0 Å². The molecule has 0 amide bonds. The third-order valence-corrected chi connectivity index (χ3v) is 3.59. The van der Waals surface area contributed by atoms with E-state index in [2.05, 4.69) is 50.4 Å². The van der Waals surface area contributed by atoms with Gasteiger partial charge >= 0.3 is 0 Å². The molecule has 0 aliphatic carbocycles. The van der Waals surface area contributed by atoms with Gasteiger partial charge in [0.15, 0.2) is 0 Å². The van der Waals surface area contributed by atoms with Crippen LogP contribution in [0.3, 0.4) is 0 Å². The maximum absolute atomic E-state index is 3.46. The van der Waals surface area contributed by atoms with Gasteiger partial charge in [-0.05, 0) is 37.1 Å². The van der Waals surface area contributed by atoms with Crippen LogP contribution < -0.4 is 5.32 Å². The molecule has 0 aromatic heterocycles. The number of halogens is 1. The van der Waals surface area contributed by atoms with E-state index in [-0.39, 0.29) is 0 Å². The summed E-state index contributed by atoms with van der Waals surface area (Å²) in [5.74, 6) is 0. The lowest BCUT2D eigenvalue weighted by Crippen LogP contribution is -2.43. The third kappa shape index (κ3) is 3.89. The van der Waals surface area contributed by atoms with E-state index >= 15 is 0 Å². The van der Waals surface area contributed by atoms with Crippen LogP contribution >= 0.6 is 15.9 Å². The summed E-state index contributed by atoms with van der Waals surface area (Å²) in [7, 11) is 0. The summed E-state index contributed by atoms with van der Waals surface area (Å²) >= 11 is 3.46. The Morgan fingerprint density at radius 1 is 1.12 bits per heavy atom. The minimum Gasteiger partial charge on any atom is -0.314 e. The summed E-state index contributed by atoms with van der Waals surface area (Å²) < 4.78 is 1.17. The second-order valence-corrected chi connectivity index (χ2v) is 5.24. The molecule has 1 aromatic carbocycles. The molecule has 2 nitrogen and oxygen atoms in total. The number of aryl methyl sites for hydroxylation is 1. The average Bonchev–Trinajstić information content (AvgIpc) is 2.33. The van der Waals surface area contributed by atoms with Gasteiger partial charge in [-0.15, -0.1) is 0 Å². The molecule has 0 unspecified atom stereocenters. The quantitative estimate of drug-likeness (QED) is 0.912. The smallest absolute Gasteiger partial charge is 0.0175 e. The van der Waals surface area contributed by atoms with Gasteiger partial charge in [-0.3, -0.25) is 0 Å². The van der Waals surface area contributed by atoms with Crippen LogP contribution in [-0.4, -0.2) is 37.6 Å². The van der Waals surface area contributed by atoms with E-state index in [0.29, 0.717) is 0 Å². The zero-order valence-corrected chi connectivity index (χ0v) is 11.2. The monoisotopic (exact) mass is 282 g/mol. The maximum Gasteiger partial charge on any atom is 0.0175 e. The van der Waals surface area contributed by atoms with Gasteiger partial charge < -0.3 is 10.2 Å². The van der Waals surface area contributed by atoms with Crippen molar-refractivity contribution in [3.05, 3.63) is 34.3 Å². The van der Waals surface area contributed by atoms with Crippen LogP contribution in [0.1, 0.15) is 12.0 Å². The molecule has 1 heterocycles. The Balaban J connectivity index is 1.69. The molecule has 0 spiro atoms. The summed E-state index contributed by atoms with van der Waals surface area (Å²) in [6.07, 6.45) is 2.46. The second-order valence-electron chi connectivity index (χ2n) is 4.32. The van der Waals surface area contributed by atoms with Crippen molar-refractivity contribution in [2.75, 3.05) is 32.7 Å². The van der Waals surface area contributed by atoms with Crippen molar-refractivity contribution in [3.63, 3.8) is 0 Å². The van der Waals surface area contributed by atoms with E-state index in [4.69, 9.17) is 0 Å². The SMILES string of the molecule is Brc1ccc(CCCN2CCNCC2)cc1. The van der Waals surface area contributed by atoms with Crippen LogP contribution in [0.4, 0.5) is 0 Å². The Hall–Kier alpha value is -0.380. The molecule has 0 saturated carbocycles. The molecule has 1 aromatic rings. The van der Waals surface area contributed by atoms with E-state index < -0.39 is 0 Å². The lowest BCUT2D eigenvalue weighted by molar-refractivity contribution is 0.238. The van der Waals surface area contributed by atoms with Crippen LogP contribution in [0, 0.1) is 0 Å². The lowest BCUT2D eigenvalue weighted by Gasteiger charge is -2.27. The molecule has 88 valence electrons. The number of rotatable bonds is 4. The van der Waals surface area contributed by atoms with Crippen molar-refractivity contribution in [2.45, 2.75) is 12.8 Å². The molecule has 2 rings (SSSR count). The van der Waals surface area contributed by atoms with Gasteiger partial charge in [0.25, 0.3) is 0 Å². The molecule has 0 radical (unpaired) electrons. The van der Waals surface area contributed by atoms with Crippen molar-refractivity contribution in [3.8, 4) is 0 Å². The number of hydrogen-bond acceptors (Lipinski definition) is 2. The van der Waals surface area contributed by atoms with Crippen LogP contribution in [0.25, 0.3) is 0 Å². The van der Waals surface area contributed by atoms with Crippen molar-refractivity contribution in [2.24, 2.45) is 0 Å². The number of piperazine rings is 1. The highest BCUT2D eigenvalue weighted by molar-refractivity contribution is 9.10. The van der Waals surface area contributed by atoms with Crippen LogP contribution in [0.5, 0.6) is 0 Å². The minimum atomic E-state index is 1.15. The van der Waals surface area contributed by atoms with Crippen molar-refractivity contribution in [1.29, 1.82) is 0 Å².